The maximum atomic E-state index is 12.2. The average Bonchev–Trinajstić information content (AvgIpc) is 2.76. The van der Waals surface area contributed by atoms with E-state index in [4.69, 9.17) is 15.2 Å². The molecule has 0 atom stereocenters. The first-order valence-corrected chi connectivity index (χ1v) is 10.0. The molecule has 0 radical (unpaired) electrons. The van der Waals surface area contributed by atoms with Crippen molar-refractivity contribution in [3.05, 3.63) is 65.2 Å². The van der Waals surface area contributed by atoms with Gasteiger partial charge in [-0.3, -0.25) is 0 Å². The average molecular weight is 565 g/mol. The van der Waals surface area contributed by atoms with Gasteiger partial charge in [-0.25, -0.2) is 4.99 Å². The Kier molecular flexibility index (Phi) is 10.5. The van der Waals surface area contributed by atoms with Crippen LogP contribution in [-0.2, 0) is 29.2 Å². The zero-order valence-corrected chi connectivity index (χ0v) is 19.8. The number of alkyl halides is 3. The summed E-state index contributed by atoms with van der Waals surface area (Å²) in [4.78, 5) is 4.32. The normalized spacial score (nSPS) is 15.2. The zero-order valence-electron chi connectivity index (χ0n) is 17.4. The minimum atomic E-state index is -4.70. The molecule has 10 heteroatoms. The van der Waals surface area contributed by atoms with Crippen LogP contribution in [-0.4, -0.2) is 31.6 Å². The second-order valence-electron chi connectivity index (χ2n) is 7.19. The molecule has 0 amide bonds. The number of nitrogens with one attached hydrogen (secondary N) is 1. The molecule has 1 aliphatic rings. The molecule has 3 N–H and O–H groups in total. The van der Waals surface area contributed by atoms with E-state index in [1.54, 1.807) is 0 Å². The summed E-state index contributed by atoms with van der Waals surface area (Å²) in [5, 5.41) is 2.95. The van der Waals surface area contributed by atoms with Gasteiger partial charge in [-0.05, 0) is 41.7 Å². The summed E-state index contributed by atoms with van der Waals surface area (Å²) >= 11 is 0. The molecule has 1 aliphatic heterocycles. The van der Waals surface area contributed by atoms with Gasteiger partial charge in [0.25, 0.3) is 0 Å². The van der Waals surface area contributed by atoms with E-state index in [9.17, 15) is 13.2 Å². The van der Waals surface area contributed by atoms with Gasteiger partial charge in [-0.2, -0.15) is 0 Å². The van der Waals surface area contributed by atoms with Crippen molar-refractivity contribution in [3.63, 3.8) is 0 Å². The van der Waals surface area contributed by atoms with Crippen molar-refractivity contribution in [2.75, 3.05) is 13.2 Å². The Bertz CT molecular complexity index is 857. The lowest BCUT2D eigenvalue weighted by Crippen LogP contribution is -2.31. The summed E-state index contributed by atoms with van der Waals surface area (Å²) in [6, 6.07) is 13.6. The number of guanidine groups is 1. The fourth-order valence-corrected chi connectivity index (χ4v) is 3.11. The molecule has 2 aromatic carbocycles. The fourth-order valence-electron chi connectivity index (χ4n) is 3.11. The predicted molar refractivity (Wildman–Crippen MR) is 126 cm³/mol. The van der Waals surface area contributed by atoms with Crippen LogP contribution in [0.15, 0.2) is 53.5 Å². The SMILES string of the molecule is I.NC(=NCc1cccc(COC2CCOCC2)c1)NCc1ccc(OC(F)(F)F)cc1. The molecule has 1 saturated heterocycles. The molecular formula is C22H27F3IN3O3. The van der Waals surface area contributed by atoms with Crippen molar-refractivity contribution < 1.29 is 27.4 Å². The van der Waals surface area contributed by atoms with Gasteiger partial charge in [0, 0.05) is 19.8 Å². The van der Waals surface area contributed by atoms with Gasteiger partial charge in [-0.15, -0.1) is 37.1 Å². The lowest BCUT2D eigenvalue weighted by Gasteiger charge is -2.22. The van der Waals surface area contributed by atoms with Gasteiger partial charge in [0.1, 0.15) is 5.75 Å². The lowest BCUT2D eigenvalue weighted by atomic mass is 10.1. The van der Waals surface area contributed by atoms with Gasteiger partial charge in [-0.1, -0.05) is 36.4 Å². The molecule has 3 rings (SSSR count). The summed E-state index contributed by atoms with van der Waals surface area (Å²) in [6.45, 7) is 2.78. The number of hydrogen-bond acceptors (Lipinski definition) is 4. The number of nitrogens with two attached hydrogens (primary N) is 1. The zero-order chi connectivity index (χ0) is 22.1. The monoisotopic (exact) mass is 565 g/mol. The molecule has 176 valence electrons. The van der Waals surface area contributed by atoms with Gasteiger partial charge < -0.3 is 25.3 Å². The quantitative estimate of drug-likeness (QED) is 0.280. The van der Waals surface area contributed by atoms with E-state index in [1.165, 1.54) is 24.3 Å². The van der Waals surface area contributed by atoms with Gasteiger partial charge in [0.2, 0.25) is 0 Å². The molecule has 0 spiro atoms. The Morgan fingerprint density at radius 1 is 1.06 bits per heavy atom. The Morgan fingerprint density at radius 2 is 1.75 bits per heavy atom. The first-order chi connectivity index (χ1) is 14.9. The Hall–Kier alpha value is -2.05. The van der Waals surface area contributed by atoms with Crippen LogP contribution >= 0.6 is 24.0 Å². The lowest BCUT2D eigenvalue weighted by molar-refractivity contribution is -0.274. The second kappa shape index (κ2) is 12.9. The van der Waals surface area contributed by atoms with Gasteiger partial charge in [0.15, 0.2) is 5.96 Å². The second-order valence-corrected chi connectivity index (χ2v) is 7.19. The maximum absolute atomic E-state index is 12.2. The molecule has 2 aromatic rings. The van der Waals surface area contributed by atoms with E-state index in [2.05, 4.69) is 15.0 Å². The molecule has 0 aromatic heterocycles. The van der Waals surface area contributed by atoms with Crippen molar-refractivity contribution in [1.29, 1.82) is 0 Å². The standard InChI is InChI=1S/C22H26F3N3O3.HI/c23-22(24,25)31-20-6-4-16(5-7-20)13-27-21(26)28-14-17-2-1-3-18(12-17)15-30-19-8-10-29-11-9-19;/h1-7,12,19H,8-11,13-15H2,(H3,26,27,28);1H. The number of rotatable bonds is 8. The summed E-state index contributed by atoms with van der Waals surface area (Å²) in [6.07, 6.45) is -2.62. The first-order valence-electron chi connectivity index (χ1n) is 10.0. The smallest absolute Gasteiger partial charge is 0.406 e. The van der Waals surface area contributed by atoms with E-state index in [0.29, 0.717) is 19.7 Å². The van der Waals surface area contributed by atoms with Gasteiger partial charge in [0.05, 0.1) is 19.3 Å². The molecule has 0 unspecified atom stereocenters. The summed E-state index contributed by atoms with van der Waals surface area (Å²) < 4.78 is 51.7. The van der Waals surface area contributed by atoms with Crippen molar-refractivity contribution >= 4 is 29.9 Å². The molecule has 1 fully saturated rings. The number of ether oxygens (including phenoxy) is 3. The highest BCUT2D eigenvalue weighted by molar-refractivity contribution is 14.0. The van der Waals surface area contributed by atoms with E-state index in [0.717, 1.165) is 42.7 Å². The first kappa shape index (κ1) is 26.2. The number of halogens is 4. The van der Waals surface area contributed by atoms with Crippen LogP contribution in [0.1, 0.15) is 29.5 Å². The fraction of sp³-hybridized carbons (Fsp3) is 0.409. The van der Waals surface area contributed by atoms with Crippen LogP contribution < -0.4 is 15.8 Å². The van der Waals surface area contributed by atoms with E-state index in [1.807, 2.05) is 24.3 Å². The van der Waals surface area contributed by atoms with Crippen LogP contribution in [0.3, 0.4) is 0 Å². The highest BCUT2D eigenvalue weighted by atomic mass is 127. The van der Waals surface area contributed by atoms with Crippen LogP contribution in [0.2, 0.25) is 0 Å². The molecule has 6 nitrogen and oxygen atoms in total. The number of aliphatic imine (C=N–C) groups is 1. The third-order valence-corrected chi connectivity index (χ3v) is 4.71. The Morgan fingerprint density at radius 3 is 2.44 bits per heavy atom. The van der Waals surface area contributed by atoms with Crippen LogP contribution in [0.25, 0.3) is 0 Å². The van der Waals surface area contributed by atoms with E-state index < -0.39 is 6.36 Å². The van der Waals surface area contributed by atoms with Crippen LogP contribution in [0.5, 0.6) is 5.75 Å². The summed E-state index contributed by atoms with van der Waals surface area (Å²) in [5.41, 5.74) is 8.74. The Balaban J connectivity index is 0.00000363. The number of nitrogens with zero attached hydrogens (tertiary/aromatic N) is 1. The Labute approximate surface area is 202 Å². The van der Waals surface area contributed by atoms with Crippen LogP contribution in [0.4, 0.5) is 13.2 Å². The molecule has 32 heavy (non-hydrogen) atoms. The van der Waals surface area contributed by atoms with E-state index in [-0.39, 0.29) is 41.8 Å². The third kappa shape index (κ3) is 9.61. The van der Waals surface area contributed by atoms with E-state index >= 15 is 0 Å². The third-order valence-electron chi connectivity index (χ3n) is 4.71. The number of hydrogen-bond donors (Lipinski definition) is 2. The van der Waals surface area contributed by atoms with Crippen molar-refractivity contribution in [1.82, 2.24) is 5.32 Å². The topological polar surface area (TPSA) is 78.1 Å². The summed E-state index contributed by atoms with van der Waals surface area (Å²) in [5.74, 6) is -0.0157. The minimum Gasteiger partial charge on any atom is -0.406 e. The van der Waals surface area contributed by atoms with Crippen LogP contribution in [0, 0.1) is 0 Å². The highest BCUT2D eigenvalue weighted by Gasteiger charge is 2.30. The molecular weight excluding hydrogens is 538 g/mol. The highest BCUT2D eigenvalue weighted by Crippen LogP contribution is 2.22. The molecule has 1 heterocycles. The molecule has 0 bridgehead atoms. The summed E-state index contributed by atoms with van der Waals surface area (Å²) in [7, 11) is 0. The number of benzene rings is 2. The molecule has 0 saturated carbocycles. The van der Waals surface area contributed by atoms with Gasteiger partial charge >= 0.3 is 6.36 Å². The molecule has 0 aliphatic carbocycles. The minimum absolute atomic E-state index is 0. The van der Waals surface area contributed by atoms with Crippen molar-refractivity contribution in [2.24, 2.45) is 10.7 Å². The largest absolute Gasteiger partial charge is 0.573 e. The van der Waals surface area contributed by atoms with Crippen molar-refractivity contribution in [3.8, 4) is 5.75 Å². The maximum Gasteiger partial charge on any atom is 0.573 e. The predicted octanol–water partition coefficient (Wildman–Crippen LogP) is 4.50. The van der Waals surface area contributed by atoms with Crippen molar-refractivity contribution in [2.45, 2.75) is 45.0 Å².